The molecule has 1 N–H and O–H groups in total. The van der Waals surface area contributed by atoms with E-state index < -0.39 is 6.10 Å². The normalized spacial score (nSPS) is 11.4. The highest BCUT2D eigenvalue weighted by molar-refractivity contribution is 5.80. The summed E-state index contributed by atoms with van der Waals surface area (Å²) in [7, 11) is 0. The minimum Gasteiger partial charge on any atom is -0.481 e. The van der Waals surface area contributed by atoms with Gasteiger partial charge < -0.3 is 14.8 Å². The highest BCUT2D eigenvalue weighted by Crippen LogP contribution is 2.14. The van der Waals surface area contributed by atoms with E-state index in [9.17, 15) is 4.79 Å². The Morgan fingerprint density at radius 1 is 1.50 bits per heavy atom. The number of ether oxygens (including phenoxy) is 2. The van der Waals surface area contributed by atoms with Crippen molar-refractivity contribution in [3.8, 4) is 11.8 Å². The van der Waals surface area contributed by atoms with Crippen LogP contribution in [0.25, 0.3) is 0 Å². The third kappa shape index (κ3) is 5.72. The quantitative estimate of drug-likeness (QED) is 0.736. The summed E-state index contributed by atoms with van der Waals surface area (Å²) < 4.78 is 10.7. The lowest BCUT2D eigenvalue weighted by Crippen LogP contribution is -2.37. The van der Waals surface area contributed by atoms with E-state index in [-0.39, 0.29) is 5.91 Å². The van der Waals surface area contributed by atoms with Crippen molar-refractivity contribution in [3.63, 3.8) is 0 Å². The number of carbonyl (C=O) groups is 1. The molecule has 1 rings (SSSR count). The monoisotopic (exact) mass is 276 g/mol. The summed E-state index contributed by atoms with van der Waals surface area (Å²) >= 11 is 0. The molecule has 1 aromatic carbocycles. The van der Waals surface area contributed by atoms with Crippen LogP contribution in [0.4, 0.5) is 0 Å². The number of benzene rings is 1. The SMILES string of the molecule is CCOCCCNC(=O)C(C)Oc1cccc(C#N)c1. The topological polar surface area (TPSA) is 71.3 Å². The maximum Gasteiger partial charge on any atom is 0.260 e. The average Bonchev–Trinajstić information content (AvgIpc) is 2.47. The summed E-state index contributed by atoms with van der Waals surface area (Å²) in [5, 5.41) is 11.6. The average molecular weight is 276 g/mol. The van der Waals surface area contributed by atoms with Gasteiger partial charge in [0.05, 0.1) is 11.6 Å². The predicted octanol–water partition coefficient (Wildman–Crippen LogP) is 1.87. The van der Waals surface area contributed by atoms with E-state index in [0.717, 1.165) is 6.42 Å². The zero-order chi connectivity index (χ0) is 14.8. The minimum atomic E-state index is -0.601. The van der Waals surface area contributed by atoms with E-state index >= 15 is 0 Å². The Kier molecular flexibility index (Phi) is 7.15. The number of nitrogens with one attached hydrogen (secondary N) is 1. The third-order valence-electron chi connectivity index (χ3n) is 2.61. The van der Waals surface area contributed by atoms with Gasteiger partial charge in [-0.05, 0) is 38.5 Å². The van der Waals surface area contributed by atoms with Crippen LogP contribution in [0.3, 0.4) is 0 Å². The highest BCUT2D eigenvalue weighted by Gasteiger charge is 2.13. The zero-order valence-electron chi connectivity index (χ0n) is 11.9. The molecule has 0 spiro atoms. The molecule has 0 aliphatic rings. The molecule has 0 aliphatic heterocycles. The fourth-order valence-electron chi connectivity index (χ4n) is 1.57. The van der Waals surface area contributed by atoms with Gasteiger partial charge >= 0.3 is 0 Å². The molecular weight excluding hydrogens is 256 g/mol. The Morgan fingerprint density at radius 2 is 2.30 bits per heavy atom. The standard InChI is InChI=1S/C15H20N2O3/c1-3-19-9-5-8-17-15(18)12(2)20-14-7-4-6-13(10-14)11-16/h4,6-7,10,12H,3,5,8-9H2,1-2H3,(H,17,18). The van der Waals surface area contributed by atoms with Gasteiger partial charge in [0.2, 0.25) is 0 Å². The number of hydrogen-bond donors (Lipinski definition) is 1. The second-order valence-corrected chi connectivity index (χ2v) is 4.24. The zero-order valence-corrected chi connectivity index (χ0v) is 11.9. The van der Waals surface area contributed by atoms with Gasteiger partial charge in [-0.1, -0.05) is 6.07 Å². The summed E-state index contributed by atoms with van der Waals surface area (Å²) in [6.07, 6.45) is 0.173. The molecule has 0 heterocycles. The maximum absolute atomic E-state index is 11.8. The Bertz CT molecular complexity index is 468. The molecule has 1 amide bonds. The van der Waals surface area contributed by atoms with Crippen LogP contribution >= 0.6 is 0 Å². The van der Waals surface area contributed by atoms with Crippen LogP contribution in [0.5, 0.6) is 5.75 Å². The first kappa shape index (κ1) is 16.0. The molecule has 1 aromatic rings. The van der Waals surface area contributed by atoms with Crippen molar-refractivity contribution in [2.75, 3.05) is 19.8 Å². The van der Waals surface area contributed by atoms with Crippen molar-refractivity contribution >= 4 is 5.91 Å². The number of hydrogen-bond acceptors (Lipinski definition) is 4. The lowest BCUT2D eigenvalue weighted by Gasteiger charge is -2.14. The van der Waals surface area contributed by atoms with Gasteiger partial charge in [0.15, 0.2) is 6.10 Å². The fraction of sp³-hybridized carbons (Fsp3) is 0.467. The Hall–Kier alpha value is -2.06. The molecule has 5 nitrogen and oxygen atoms in total. The summed E-state index contributed by atoms with van der Waals surface area (Å²) in [4.78, 5) is 11.8. The van der Waals surface area contributed by atoms with Crippen LogP contribution in [0.1, 0.15) is 25.8 Å². The lowest BCUT2D eigenvalue weighted by atomic mass is 10.2. The van der Waals surface area contributed by atoms with Crippen molar-refractivity contribution in [2.24, 2.45) is 0 Å². The highest BCUT2D eigenvalue weighted by atomic mass is 16.5. The Morgan fingerprint density at radius 3 is 3.00 bits per heavy atom. The van der Waals surface area contributed by atoms with E-state index in [1.54, 1.807) is 31.2 Å². The largest absolute Gasteiger partial charge is 0.481 e. The van der Waals surface area contributed by atoms with Gasteiger partial charge in [-0.2, -0.15) is 5.26 Å². The minimum absolute atomic E-state index is 0.177. The molecule has 1 atom stereocenters. The van der Waals surface area contributed by atoms with Crippen LogP contribution in [0.15, 0.2) is 24.3 Å². The number of rotatable bonds is 8. The molecule has 20 heavy (non-hydrogen) atoms. The third-order valence-corrected chi connectivity index (χ3v) is 2.61. The van der Waals surface area contributed by atoms with Gasteiger partial charge in [0.25, 0.3) is 5.91 Å². The molecule has 0 fully saturated rings. The first-order valence-electron chi connectivity index (χ1n) is 6.69. The number of nitrogens with zero attached hydrogens (tertiary/aromatic N) is 1. The Labute approximate surface area is 119 Å². The number of nitriles is 1. The van der Waals surface area contributed by atoms with Crippen LogP contribution in [-0.4, -0.2) is 31.8 Å². The first-order chi connectivity index (χ1) is 9.67. The molecule has 0 radical (unpaired) electrons. The van der Waals surface area contributed by atoms with E-state index in [4.69, 9.17) is 14.7 Å². The van der Waals surface area contributed by atoms with Crippen molar-refractivity contribution in [1.82, 2.24) is 5.32 Å². The van der Waals surface area contributed by atoms with Gasteiger partial charge in [-0.15, -0.1) is 0 Å². The van der Waals surface area contributed by atoms with Crippen molar-refractivity contribution in [1.29, 1.82) is 5.26 Å². The molecule has 0 bridgehead atoms. The second-order valence-electron chi connectivity index (χ2n) is 4.24. The van der Waals surface area contributed by atoms with Gasteiger partial charge in [-0.3, -0.25) is 4.79 Å². The summed E-state index contributed by atoms with van der Waals surface area (Å²) in [5.41, 5.74) is 0.506. The van der Waals surface area contributed by atoms with Crippen LogP contribution in [0.2, 0.25) is 0 Å². The molecule has 5 heteroatoms. The van der Waals surface area contributed by atoms with Crippen LogP contribution in [-0.2, 0) is 9.53 Å². The fourth-order valence-corrected chi connectivity index (χ4v) is 1.57. The molecule has 0 saturated carbocycles. The van der Waals surface area contributed by atoms with Crippen molar-refractivity contribution in [3.05, 3.63) is 29.8 Å². The summed E-state index contributed by atoms with van der Waals surface area (Å²) in [6.45, 7) is 5.49. The first-order valence-corrected chi connectivity index (χ1v) is 6.69. The van der Waals surface area contributed by atoms with E-state index in [0.29, 0.717) is 31.1 Å². The van der Waals surface area contributed by atoms with Crippen molar-refractivity contribution in [2.45, 2.75) is 26.4 Å². The molecular formula is C15H20N2O3. The summed E-state index contributed by atoms with van der Waals surface area (Å²) in [5.74, 6) is 0.338. The maximum atomic E-state index is 11.8. The summed E-state index contributed by atoms with van der Waals surface area (Å²) in [6, 6.07) is 8.77. The molecule has 0 saturated heterocycles. The predicted molar refractivity (Wildman–Crippen MR) is 75.4 cm³/mol. The van der Waals surface area contributed by atoms with E-state index in [2.05, 4.69) is 5.32 Å². The lowest BCUT2D eigenvalue weighted by molar-refractivity contribution is -0.127. The molecule has 0 aromatic heterocycles. The van der Waals surface area contributed by atoms with Gasteiger partial charge in [0, 0.05) is 19.8 Å². The van der Waals surface area contributed by atoms with Gasteiger partial charge in [0.1, 0.15) is 5.75 Å². The second kappa shape index (κ2) is 8.94. The Balaban J connectivity index is 2.35. The molecule has 0 aliphatic carbocycles. The van der Waals surface area contributed by atoms with Gasteiger partial charge in [-0.25, -0.2) is 0 Å². The van der Waals surface area contributed by atoms with Crippen LogP contribution in [0, 0.1) is 11.3 Å². The number of carbonyl (C=O) groups excluding carboxylic acids is 1. The van der Waals surface area contributed by atoms with Crippen LogP contribution < -0.4 is 10.1 Å². The smallest absolute Gasteiger partial charge is 0.260 e. The molecule has 1 unspecified atom stereocenters. The number of amides is 1. The van der Waals surface area contributed by atoms with E-state index in [1.165, 1.54) is 0 Å². The van der Waals surface area contributed by atoms with Crippen molar-refractivity contribution < 1.29 is 14.3 Å². The molecule has 108 valence electrons. The van der Waals surface area contributed by atoms with E-state index in [1.807, 2.05) is 13.0 Å².